The molecule has 0 aromatic carbocycles. The number of hydrogen-bond donors (Lipinski definition) is 0. The Morgan fingerprint density at radius 2 is 2.12 bits per heavy atom. The molecule has 16 heavy (non-hydrogen) atoms. The Bertz CT molecular complexity index is 397. The van der Waals surface area contributed by atoms with Gasteiger partial charge in [-0.1, -0.05) is 19.9 Å². The number of carbonyl (C=O) groups is 1. The van der Waals surface area contributed by atoms with Gasteiger partial charge < -0.3 is 4.90 Å². The average molecular weight is 218 g/mol. The molecule has 1 saturated carbocycles. The Balaban J connectivity index is 2.19. The standard InChI is InChI=1S/C13H18N2O/c1-9(2)11-5-4-6-12(14-11)13(16)15(3)10-7-8-10/h4-6,9-10H,7-8H2,1-3H3. The third-order valence-electron chi connectivity index (χ3n) is 3.00. The first-order valence-corrected chi connectivity index (χ1v) is 5.83. The molecule has 1 aliphatic carbocycles. The largest absolute Gasteiger partial charge is 0.337 e. The summed E-state index contributed by atoms with van der Waals surface area (Å²) in [5.41, 5.74) is 1.55. The van der Waals surface area contributed by atoms with Crippen molar-refractivity contribution in [2.45, 2.75) is 38.6 Å². The Labute approximate surface area is 96.5 Å². The molecule has 0 radical (unpaired) electrons. The van der Waals surface area contributed by atoms with Gasteiger partial charge in [0.25, 0.3) is 5.91 Å². The summed E-state index contributed by atoms with van der Waals surface area (Å²) in [7, 11) is 1.86. The summed E-state index contributed by atoms with van der Waals surface area (Å²) >= 11 is 0. The molecular weight excluding hydrogens is 200 g/mol. The lowest BCUT2D eigenvalue weighted by atomic mass is 10.1. The number of pyridine rings is 1. The van der Waals surface area contributed by atoms with E-state index in [2.05, 4.69) is 18.8 Å². The van der Waals surface area contributed by atoms with Gasteiger partial charge in [-0.3, -0.25) is 4.79 Å². The van der Waals surface area contributed by atoms with E-state index in [0.29, 0.717) is 17.7 Å². The van der Waals surface area contributed by atoms with Crippen LogP contribution < -0.4 is 0 Å². The van der Waals surface area contributed by atoms with Crippen molar-refractivity contribution < 1.29 is 4.79 Å². The van der Waals surface area contributed by atoms with Gasteiger partial charge in [0.2, 0.25) is 0 Å². The molecule has 1 aromatic rings. The van der Waals surface area contributed by atoms with Crippen LogP contribution in [0.2, 0.25) is 0 Å². The maximum Gasteiger partial charge on any atom is 0.272 e. The smallest absolute Gasteiger partial charge is 0.272 e. The molecule has 0 N–H and O–H groups in total. The van der Waals surface area contributed by atoms with Gasteiger partial charge in [-0.15, -0.1) is 0 Å². The molecule has 3 nitrogen and oxygen atoms in total. The summed E-state index contributed by atoms with van der Waals surface area (Å²) in [6.45, 7) is 4.17. The van der Waals surface area contributed by atoms with Crippen LogP contribution in [0, 0.1) is 0 Å². The number of carbonyl (C=O) groups excluding carboxylic acids is 1. The van der Waals surface area contributed by atoms with Crippen molar-refractivity contribution in [1.29, 1.82) is 0 Å². The second-order valence-corrected chi connectivity index (χ2v) is 4.75. The SMILES string of the molecule is CC(C)c1cccc(C(=O)N(C)C2CC2)n1. The fraction of sp³-hybridized carbons (Fsp3) is 0.538. The number of aromatic nitrogens is 1. The maximum absolute atomic E-state index is 12.1. The highest BCUT2D eigenvalue weighted by molar-refractivity contribution is 5.92. The van der Waals surface area contributed by atoms with Crippen LogP contribution in [0.3, 0.4) is 0 Å². The van der Waals surface area contributed by atoms with E-state index < -0.39 is 0 Å². The molecule has 3 heteroatoms. The lowest BCUT2D eigenvalue weighted by Crippen LogP contribution is -2.29. The van der Waals surface area contributed by atoms with Crippen molar-refractivity contribution in [3.63, 3.8) is 0 Å². The fourth-order valence-electron chi connectivity index (χ4n) is 1.70. The molecular formula is C13H18N2O. The highest BCUT2D eigenvalue weighted by atomic mass is 16.2. The summed E-state index contributed by atoms with van der Waals surface area (Å²) in [6.07, 6.45) is 2.26. The van der Waals surface area contributed by atoms with Crippen LogP contribution in [0.15, 0.2) is 18.2 Å². The van der Waals surface area contributed by atoms with Crippen molar-refractivity contribution in [2.75, 3.05) is 7.05 Å². The fourth-order valence-corrected chi connectivity index (χ4v) is 1.70. The summed E-state index contributed by atoms with van der Waals surface area (Å²) in [6, 6.07) is 6.12. The highest BCUT2D eigenvalue weighted by Crippen LogP contribution is 2.26. The van der Waals surface area contributed by atoms with E-state index in [-0.39, 0.29) is 5.91 Å². The van der Waals surface area contributed by atoms with Crippen molar-refractivity contribution in [1.82, 2.24) is 9.88 Å². The number of rotatable bonds is 3. The molecule has 0 bridgehead atoms. The van der Waals surface area contributed by atoms with E-state index in [4.69, 9.17) is 0 Å². The molecule has 0 unspecified atom stereocenters. The van der Waals surface area contributed by atoms with Crippen LogP contribution in [0.5, 0.6) is 0 Å². The molecule has 86 valence electrons. The van der Waals surface area contributed by atoms with Gasteiger partial charge in [-0.25, -0.2) is 4.98 Å². The quantitative estimate of drug-likeness (QED) is 0.780. The molecule has 1 fully saturated rings. The van der Waals surface area contributed by atoms with E-state index in [1.807, 2.05) is 24.1 Å². The molecule has 1 heterocycles. The Morgan fingerprint density at radius 1 is 1.44 bits per heavy atom. The second kappa shape index (κ2) is 4.24. The molecule has 0 atom stereocenters. The molecule has 0 spiro atoms. The Hall–Kier alpha value is -1.38. The first-order chi connectivity index (χ1) is 7.59. The number of nitrogens with zero attached hydrogens (tertiary/aromatic N) is 2. The third kappa shape index (κ3) is 2.23. The molecule has 0 aliphatic heterocycles. The summed E-state index contributed by atoms with van der Waals surface area (Å²) < 4.78 is 0. The lowest BCUT2D eigenvalue weighted by molar-refractivity contribution is 0.0779. The van der Waals surface area contributed by atoms with Crippen molar-refractivity contribution in [3.05, 3.63) is 29.6 Å². The van der Waals surface area contributed by atoms with Crippen LogP contribution in [0.4, 0.5) is 0 Å². The van der Waals surface area contributed by atoms with Gasteiger partial charge in [0.05, 0.1) is 0 Å². The topological polar surface area (TPSA) is 33.2 Å². The van der Waals surface area contributed by atoms with Crippen molar-refractivity contribution in [2.24, 2.45) is 0 Å². The normalized spacial score (nSPS) is 15.2. The van der Waals surface area contributed by atoms with Gasteiger partial charge in [0.15, 0.2) is 0 Å². The van der Waals surface area contributed by atoms with E-state index in [0.717, 1.165) is 18.5 Å². The van der Waals surface area contributed by atoms with Gasteiger partial charge in [-0.05, 0) is 30.9 Å². The maximum atomic E-state index is 12.1. The lowest BCUT2D eigenvalue weighted by Gasteiger charge is -2.16. The molecule has 1 amide bonds. The van der Waals surface area contributed by atoms with Crippen molar-refractivity contribution >= 4 is 5.91 Å². The predicted octanol–water partition coefficient (Wildman–Crippen LogP) is 2.44. The summed E-state index contributed by atoms with van der Waals surface area (Å²) in [4.78, 5) is 18.3. The predicted molar refractivity (Wildman–Crippen MR) is 63.4 cm³/mol. The zero-order chi connectivity index (χ0) is 11.7. The minimum atomic E-state index is 0.0463. The molecule has 1 aromatic heterocycles. The van der Waals surface area contributed by atoms with Crippen LogP contribution in [0.1, 0.15) is 48.8 Å². The van der Waals surface area contributed by atoms with Gasteiger partial charge >= 0.3 is 0 Å². The van der Waals surface area contributed by atoms with Crippen molar-refractivity contribution in [3.8, 4) is 0 Å². The molecule has 2 rings (SSSR count). The van der Waals surface area contributed by atoms with Crippen LogP contribution >= 0.6 is 0 Å². The first-order valence-electron chi connectivity index (χ1n) is 5.83. The zero-order valence-corrected chi connectivity index (χ0v) is 10.1. The molecule has 0 saturated heterocycles. The van der Waals surface area contributed by atoms with E-state index >= 15 is 0 Å². The third-order valence-corrected chi connectivity index (χ3v) is 3.00. The summed E-state index contributed by atoms with van der Waals surface area (Å²) in [5.74, 6) is 0.406. The summed E-state index contributed by atoms with van der Waals surface area (Å²) in [5, 5.41) is 0. The monoisotopic (exact) mass is 218 g/mol. The average Bonchev–Trinajstić information content (AvgIpc) is 3.11. The van der Waals surface area contributed by atoms with Crippen LogP contribution in [-0.4, -0.2) is 28.9 Å². The number of hydrogen-bond acceptors (Lipinski definition) is 2. The van der Waals surface area contributed by atoms with Gasteiger partial charge in [0, 0.05) is 18.8 Å². The Morgan fingerprint density at radius 3 is 2.69 bits per heavy atom. The van der Waals surface area contributed by atoms with Crippen LogP contribution in [0.25, 0.3) is 0 Å². The van der Waals surface area contributed by atoms with Gasteiger partial charge in [0.1, 0.15) is 5.69 Å². The first kappa shape index (κ1) is 11.1. The van der Waals surface area contributed by atoms with Crippen LogP contribution in [-0.2, 0) is 0 Å². The number of amides is 1. The Kier molecular flexibility index (Phi) is 2.95. The van der Waals surface area contributed by atoms with E-state index in [1.165, 1.54) is 0 Å². The highest BCUT2D eigenvalue weighted by Gasteiger charge is 2.30. The minimum absolute atomic E-state index is 0.0463. The van der Waals surface area contributed by atoms with E-state index in [9.17, 15) is 4.79 Å². The second-order valence-electron chi connectivity index (χ2n) is 4.75. The zero-order valence-electron chi connectivity index (χ0n) is 10.1. The van der Waals surface area contributed by atoms with Gasteiger partial charge in [-0.2, -0.15) is 0 Å². The van der Waals surface area contributed by atoms with E-state index in [1.54, 1.807) is 6.07 Å². The molecule has 1 aliphatic rings. The minimum Gasteiger partial charge on any atom is -0.337 e.